The van der Waals surface area contributed by atoms with E-state index in [2.05, 4.69) is 4.74 Å². The first kappa shape index (κ1) is 15.9. The zero-order chi connectivity index (χ0) is 13.1. The van der Waals surface area contributed by atoms with E-state index in [-0.39, 0.29) is 19.1 Å². The van der Waals surface area contributed by atoms with Crippen LogP contribution in [0.2, 0.25) is 0 Å². The molecule has 0 heterocycles. The number of methoxy groups -OCH3 is 2. The van der Waals surface area contributed by atoms with Crippen molar-refractivity contribution in [3.05, 3.63) is 0 Å². The van der Waals surface area contributed by atoms with Crippen molar-refractivity contribution in [2.45, 2.75) is 13.3 Å². The van der Waals surface area contributed by atoms with Gasteiger partial charge in [0, 0.05) is 13.7 Å². The van der Waals surface area contributed by atoms with E-state index in [1.54, 1.807) is 7.11 Å². The minimum absolute atomic E-state index is 0.0309. The van der Waals surface area contributed by atoms with Gasteiger partial charge in [0.1, 0.15) is 13.2 Å². The van der Waals surface area contributed by atoms with E-state index in [9.17, 15) is 9.59 Å². The molecular formula is C11H21NO5. The summed E-state index contributed by atoms with van der Waals surface area (Å²) in [5.74, 6) is -0.642. The minimum atomic E-state index is -0.427. The third-order valence-corrected chi connectivity index (χ3v) is 2.05. The van der Waals surface area contributed by atoms with E-state index in [4.69, 9.17) is 9.47 Å². The molecular weight excluding hydrogens is 226 g/mol. The van der Waals surface area contributed by atoms with Gasteiger partial charge in [-0.3, -0.25) is 9.59 Å². The van der Waals surface area contributed by atoms with Gasteiger partial charge in [0.05, 0.1) is 20.3 Å². The Labute approximate surface area is 102 Å². The van der Waals surface area contributed by atoms with Crippen molar-refractivity contribution in [1.82, 2.24) is 4.90 Å². The first-order valence-electron chi connectivity index (χ1n) is 5.57. The van der Waals surface area contributed by atoms with Crippen LogP contribution in [0.5, 0.6) is 0 Å². The molecule has 0 aliphatic carbocycles. The molecule has 0 N–H and O–H groups in total. The number of carbonyl (C=O) groups excluding carboxylic acids is 2. The summed E-state index contributed by atoms with van der Waals surface area (Å²) in [5.41, 5.74) is 0. The number of rotatable bonds is 9. The summed E-state index contributed by atoms with van der Waals surface area (Å²) in [5, 5.41) is 0. The lowest BCUT2D eigenvalue weighted by Crippen LogP contribution is -2.39. The Morgan fingerprint density at radius 2 is 1.88 bits per heavy atom. The zero-order valence-corrected chi connectivity index (χ0v) is 10.7. The smallest absolute Gasteiger partial charge is 0.325 e. The fraction of sp³-hybridized carbons (Fsp3) is 0.818. The summed E-state index contributed by atoms with van der Waals surface area (Å²) in [6, 6.07) is 0. The lowest BCUT2D eigenvalue weighted by Gasteiger charge is -2.20. The molecule has 0 aromatic rings. The molecule has 6 heteroatoms. The van der Waals surface area contributed by atoms with Crippen molar-refractivity contribution in [2.24, 2.45) is 0 Å². The van der Waals surface area contributed by atoms with Gasteiger partial charge in [-0.1, -0.05) is 6.92 Å². The molecule has 0 unspecified atom stereocenters. The van der Waals surface area contributed by atoms with Gasteiger partial charge in [-0.25, -0.2) is 0 Å². The Balaban J connectivity index is 4.01. The van der Waals surface area contributed by atoms with Crippen LogP contribution in [0.4, 0.5) is 0 Å². The summed E-state index contributed by atoms with van der Waals surface area (Å²) < 4.78 is 14.4. The van der Waals surface area contributed by atoms with Gasteiger partial charge in [0.2, 0.25) is 5.91 Å². The van der Waals surface area contributed by atoms with Crippen LogP contribution in [0.1, 0.15) is 13.3 Å². The molecule has 0 saturated carbocycles. The molecule has 17 heavy (non-hydrogen) atoms. The topological polar surface area (TPSA) is 65.1 Å². The zero-order valence-electron chi connectivity index (χ0n) is 10.7. The number of esters is 1. The van der Waals surface area contributed by atoms with Gasteiger partial charge < -0.3 is 19.1 Å². The van der Waals surface area contributed by atoms with E-state index in [1.807, 2.05) is 6.92 Å². The largest absolute Gasteiger partial charge is 0.468 e. The average Bonchev–Trinajstić information content (AvgIpc) is 2.33. The van der Waals surface area contributed by atoms with Crippen molar-refractivity contribution < 1.29 is 23.8 Å². The molecule has 0 aromatic heterocycles. The second-order valence-electron chi connectivity index (χ2n) is 3.44. The Kier molecular flexibility index (Phi) is 9.37. The van der Waals surface area contributed by atoms with E-state index < -0.39 is 5.97 Å². The van der Waals surface area contributed by atoms with Crippen LogP contribution < -0.4 is 0 Å². The van der Waals surface area contributed by atoms with Crippen molar-refractivity contribution in [3.63, 3.8) is 0 Å². The third-order valence-electron chi connectivity index (χ3n) is 2.05. The normalized spacial score (nSPS) is 10.1. The molecule has 100 valence electrons. The predicted octanol–water partition coefficient (Wildman–Crippen LogP) is 0.0610. The number of hydrogen-bond acceptors (Lipinski definition) is 5. The van der Waals surface area contributed by atoms with Gasteiger partial charge in [-0.05, 0) is 6.42 Å². The van der Waals surface area contributed by atoms with Crippen LogP contribution in [0, 0.1) is 0 Å². The van der Waals surface area contributed by atoms with Crippen LogP contribution in [0.25, 0.3) is 0 Å². The summed E-state index contributed by atoms with van der Waals surface area (Å²) in [7, 11) is 2.86. The average molecular weight is 247 g/mol. The molecule has 1 amide bonds. The quantitative estimate of drug-likeness (QED) is 0.426. The predicted molar refractivity (Wildman–Crippen MR) is 61.6 cm³/mol. The van der Waals surface area contributed by atoms with Gasteiger partial charge in [0.15, 0.2) is 0 Å². The molecule has 0 radical (unpaired) electrons. The summed E-state index contributed by atoms with van der Waals surface area (Å²) in [6.45, 7) is 3.18. The van der Waals surface area contributed by atoms with E-state index in [1.165, 1.54) is 12.0 Å². The Bertz CT molecular complexity index is 232. The summed E-state index contributed by atoms with van der Waals surface area (Å²) >= 11 is 0. The lowest BCUT2D eigenvalue weighted by atomic mass is 10.4. The highest BCUT2D eigenvalue weighted by atomic mass is 16.5. The Morgan fingerprint density at radius 3 is 2.41 bits per heavy atom. The van der Waals surface area contributed by atoms with E-state index in [0.29, 0.717) is 19.8 Å². The second kappa shape index (κ2) is 10.0. The fourth-order valence-corrected chi connectivity index (χ4v) is 1.18. The maximum atomic E-state index is 11.7. The molecule has 0 spiro atoms. The molecule has 0 aliphatic heterocycles. The monoisotopic (exact) mass is 247 g/mol. The maximum Gasteiger partial charge on any atom is 0.325 e. The highest BCUT2D eigenvalue weighted by Gasteiger charge is 2.16. The van der Waals surface area contributed by atoms with Crippen molar-refractivity contribution in [3.8, 4) is 0 Å². The number of ether oxygens (including phenoxy) is 3. The van der Waals surface area contributed by atoms with E-state index >= 15 is 0 Å². The highest BCUT2D eigenvalue weighted by molar-refractivity contribution is 5.82. The third kappa shape index (κ3) is 7.70. The van der Waals surface area contributed by atoms with Crippen LogP contribution in [0.15, 0.2) is 0 Å². The number of amides is 1. The molecule has 6 nitrogen and oxygen atoms in total. The molecule has 0 bridgehead atoms. The Morgan fingerprint density at radius 1 is 1.18 bits per heavy atom. The molecule has 0 rings (SSSR count). The first-order valence-corrected chi connectivity index (χ1v) is 5.57. The lowest BCUT2D eigenvalue weighted by molar-refractivity contribution is -0.148. The number of hydrogen-bond donors (Lipinski definition) is 0. The molecule has 0 saturated heterocycles. The Hall–Kier alpha value is -1.14. The minimum Gasteiger partial charge on any atom is -0.468 e. The van der Waals surface area contributed by atoms with Crippen LogP contribution in [0.3, 0.4) is 0 Å². The van der Waals surface area contributed by atoms with Gasteiger partial charge in [-0.15, -0.1) is 0 Å². The number of carbonyl (C=O) groups is 2. The number of nitrogens with zero attached hydrogens (tertiary/aromatic N) is 1. The van der Waals surface area contributed by atoms with Gasteiger partial charge in [0.25, 0.3) is 0 Å². The highest BCUT2D eigenvalue weighted by Crippen LogP contribution is 1.95. The maximum absolute atomic E-state index is 11.7. The van der Waals surface area contributed by atoms with Gasteiger partial charge in [-0.2, -0.15) is 0 Å². The van der Waals surface area contributed by atoms with Crippen LogP contribution in [-0.2, 0) is 23.8 Å². The molecule has 0 aromatic carbocycles. The standard InChI is InChI=1S/C11H21NO5/c1-4-5-12(8-11(14)16-3)10(13)9-17-7-6-15-2/h4-9H2,1-3H3. The van der Waals surface area contributed by atoms with Crippen molar-refractivity contribution in [1.29, 1.82) is 0 Å². The second-order valence-corrected chi connectivity index (χ2v) is 3.44. The molecule has 0 atom stereocenters. The fourth-order valence-electron chi connectivity index (χ4n) is 1.18. The summed E-state index contributed by atoms with van der Waals surface area (Å²) in [6.07, 6.45) is 0.779. The van der Waals surface area contributed by atoms with E-state index in [0.717, 1.165) is 6.42 Å². The molecule has 0 aliphatic rings. The SMILES string of the molecule is CCCN(CC(=O)OC)C(=O)COCCOC. The summed E-state index contributed by atoms with van der Waals surface area (Å²) in [4.78, 5) is 24.2. The van der Waals surface area contributed by atoms with Gasteiger partial charge >= 0.3 is 5.97 Å². The van der Waals surface area contributed by atoms with Crippen LogP contribution in [-0.4, -0.2) is 63.9 Å². The molecule has 0 fully saturated rings. The van der Waals surface area contributed by atoms with Crippen LogP contribution >= 0.6 is 0 Å². The van der Waals surface area contributed by atoms with Crippen molar-refractivity contribution >= 4 is 11.9 Å². The van der Waals surface area contributed by atoms with Crippen molar-refractivity contribution in [2.75, 3.05) is 47.1 Å². The first-order chi connectivity index (χ1) is 8.15.